The van der Waals surface area contributed by atoms with Gasteiger partial charge in [0, 0.05) is 16.3 Å². The monoisotopic (exact) mass is 275 g/mol. The minimum atomic E-state index is 0.426. The third-order valence-electron chi connectivity index (χ3n) is 3.32. The van der Waals surface area contributed by atoms with Gasteiger partial charge in [0.25, 0.3) is 0 Å². The molecular weight excluding hydrogens is 258 g/mol. The molecule has 0 bridgehead atoms. The summed E-state index contributed by atoms with van der Waals surface area (Å²) in [4.78, 5) is 0. The van der Waals surface area contributed by atoms with E-state index in [1.807, 2.05) is 13.0 Å². The Balaban J connectivity index is 2.24. The van der Waals surface area contributed by atoms with Gasteiger partial charge in [-0.15, -0.1) is 0 Å². The second-order valence-corrected chi connectivity index (χ2v) is 5.20. The highest BCUT2D eigenvalue weighted by Gasteiger charge is 2.08. The summed E-state index contributed by atoms with van der Waals surface area (Å²) in [7, 11) is 0. The predicted molar refractivity (Wildman–Crippen MR) is 80.8 cm³/mol. The standard InChI is InChI=1S/C16H18ClNO/c1-10-4-5-11(2)16(12(10)3)19-9-13-8-14(18)6-7-15(13)17/h4-8H,9,18H2,1-3H3. The maximum absolute atomic E-state index is 6.14. The van der Waals surface area contributed by atoms with E-state index in [1.165, 1.54) is 11.1 Å². The van der Waals surface area contributed by atoms with Gasteiger partial charge in [-0.25, -0.2) is 0 Å². The van der Waals surface area contributed by atoms with Gasteiger partial charge in [-0.3, -0.25) is 0 Å². The van der Waals surface area contributed by atoms with Gasteiger partial charge in [0.15, 0.2) is 0 Å². The number of halogens is 1. The van der Waals surface area contributed by atoms with Crippen molar-refractivity contribution in [2.75, 3.05) is 5.73 Å². The van der Waals surface area contributed by atoms with Crippen molar-refractivity contribution in [2.45, 2.75) is 27.4 Å². The first-order chi connectivity index (χ1) is 8.99. The lowest BCUT2D eigenvalue weighted by atomic mass is 10.1. The molecule has 19 heavy (non-hydrogen) atoms. The van der Waals surface area contributed by atoms with Crippen molar-refractivity contribution in [3.63, 3.8) is 0 Å². The third kappa shape index (κ3) is 3.02. The molecule has 0 atom stereocenters. The quantitative estimate of drug-likeness (QED) is 0.841. The molecule has 0 aromatic heterocycles. The lowest BCUT2D eigenvalue weighted by Crippen LogP contribution is -2.01. The van der Waals surface area contributed by atoms with Gasteiger partial charge in [0.2, 0.25) is 0 Å². The zero-order valence-electron chi connectivity index (χ0n) is 11.5. The van der Waals surface area contributed by atoms with Crippen LogP contribution in [0.15, 0.2) is 30.3 Å². The van der Waals surface area contributed by atoms with Crippen LogP contribution in [0.2, 0.25) is 5.02 Å². The number of nitrogens with two attached hydrogens (primary N) is 1. The number of rotatable bonds is 3. The summed E-state index contributed by atoms with van der Waals surface area (Å²) >= 11 is 6.14. The van der Waals surface area contributed by atoms with E-state index < -0.39 is 0 Å². The topological polar surface area (TPSA) is 35.2 Å². The molecule has 2 nitrogen and oxygen atoms in total. The molecule has 0 spiro atoms. The molecule has 0 aliphatic heterocycles. The van der Waals surface area contributed by atoms with E-state index in [1.54, 1.807) is 12.1 Å². The van der Waals surface area contributed by atoms with Crippen LogP contribution in [-0.2, 0) is 6.61 Å². The maximum Gasteiger partial charge on any atom is 0.125 e. The van der Waals surface area contributed by atoms with Crippen LogP contribution in [0.4, 0.5) is 5.69 Å². The van der Waals surface area contributed by atoms with E-state index >= 15 is 0 Å². The lowest BCUT2D eigenvalue weighted by molar-refractivity contribution is 0.302. The number of nitrogen functional groups attached to an aromatic ring is 1. The molecule has 0 amide bonds. The van der Waals surface area contributed by atoms with Crippen molar-refractivity contribution in [3.8, 4) is 5.75 Å². The van der Waals surface area contributed by atoms with E-state index in [2.05, 4.69) is 26.0 Å². The Labute approximate surface area is 119 Å². The van der Waals surface area contributed by atoms with Gasteiger partial charge in [0.1, 0.15) is 12.4 Å². The third-order valence-corrected chi connectivity index (χ3v) is 3.68. The van der Waals surface area contributed by atoms with E-state index in [-0.39, 0.29) is 0 Å². The smallest absolute Gasteiger partial charge is 0.125 e. The molecule has 0 radical (unpaired) electrons. The number of ether oxygens (including phenoxy) is 1. The second kappa shape index (κ2) is 5.54. The molecule has 2 aromatic carbocycles. The zero-order valence-corrected chi connectivity index (χ0v) is 12.2. The highest BCUT2D eigenvalue weighted by atomic mass is 35.5. The molecule has 0 saturated carbocycles. The van der Waals surface area contributed by atoms with Crippen LogP contribution in [0.5, 0.6) is 5.75 Å². The Morgan fingerprint density at radius 2 is 1.74 bits per heavy atom. The molecule has 0 fully saturated rings. The van der Waals surface area contributed by atoms with Crippen LogP contribution < -0.4 is 10.5 Å². The van der Waals surface area contributed by atoms with E-state index in [9.17, 15) is 0 Å². The Morgan fingerprint density at radius 3 is 2.47 bits per heavy atom. The normalized spacial score (nSPS) is 10.5. The predicted octanol–water partition coefficient (Wildman–Crippen LogP) is 4.43. The number of hydrogen-bond acceptors (Lipinski definition) is 2. The lowest BCUT2D eigenvalue weighted by Gasteiger charge is -2.14. The molecule has 2 N–H and O–H groups in total. The number of anilines is 1. The van der Waals surface area contributed by atoms with Crippen molar-refractivity contribution in [2.24, 2.45) is 0 Å². The van der Waals surface area contributed by atoms with Crippen molar-refractivity contribution in [3.05, 3.63) is 57.6 Å². The molecule has 0 unspecified atom stereocenters. The van der Waals surface area contributed by atoms with Gasteiger partial charge < -0.3 is 10.5 Å². The molecule has 0 aliphatic rings. The summed E-state index contributed by atoms with van der Waals surface area (Å²) in [6.07, 6.45) is 0. The van der Waals surface area contributed by atoms with Crippen LogP contribution in [-0.4, -0.2) is 0 Å². The Bertz CT molecular complexity index is 608. The van der Waals surface area contributed by atoms with Crippen LogP contribution in [0, 0.1) is 20.8 Å². The SMILES string of the molecule is Cc1ccc(C)c(OCc2cc(N)ccc2Cl)c1C. The number of hydrogen-bond donors (Lipinski definition) is 1. The fraction of sp³-hybridized carbons (Fsp3) is 0.250. The summed E-state index contributed by atoms with van der Waals surface area (Å²) in [5.74, 6) is 0.929. The van der Waals surface area contributed by atoms with E-state index in [0.29, 0.717) is 17.3 Å². The van der Waals surface area contributed by atoms with Gasteiger partial charge in [0.05, 0.1) is 0 Å². The molecule has 3 heteroatoms. The van der Waals surface area contributed by atoms with Gasteiger partial charge in [-0.05, 0) is 55.7 Å². The summed E-state index contributed by atoms with van der Waals surface area (Å²) in [5, 5.41) is 0.678. The zero-order chi connectivity index (χ0) is 14.0. The summed E-state index contributed by atoms with van der Waals surface area (Å²) in [6.45, 7) is 6.62. The van der Waals surface area contributed by atoms with Crippen molar-refractivity contribution in [1.82, 2.24) is 0 Å². The molecular formula is C16H18ClNO. The maximum atomic E-state index is 6.14. The van der Waals surface area contributed by atoms with Crippen LogP contribution in [0.3, 0.4) is 0 Å². The first-order valence-corrected chi connectivity index (χ1v) is 6.60. The van der Waals surface area contributed by atoms with E-state index in [0.717, 1.165) is 16.9 Å². The van der Waals surface area contributed by atoms with Gasteiger partial charge in [-0.1, -0.05) is 23.7 Å². The molecule has 0 saturated heterocycles. The average Bonchev–Trinajstić information content (AvgIpc) is 2.38. The van der Waals surface area contributed by atoms with Gasteiger partial charge >= 0.3 is 0 Å². The average molecular weight is 276 g/mol. The molecule has 2 rings (SSSR count). The van der Waals surface area contributed by atoms with E-state index in [4.69, 9.17) is 22.1 Å². The van der Waals surface area contributed by atoms with Gasteiger partial charge in [-0.2, -0.15) is 0 Å². The summed E-state index contributed by atoms with van der Waals surface area (Å²) in [6, 6.07) is 9.60. The Kier molecular flexibility index (Phi) is 4.01. The van der Waals surface area contributed by atoms with Crippen molar-refractivity contribution >= 4 is 17.3 Å². The minimum absolute atomic E-state index is 0.426. The molecule has 0 aliphatic carbocycles. The van der Waals surface area contributed by atoms with Crippen LogP contribution in [0.1, 0.15) is 22.3 Å². The minimum Gasteiger partial charge on any atom is -0.488 e. The molecule has 100 valence electrons. The van der Waals surface area contributed by atoms with Crippen molar-refractivity contribution in [1.29, 1.82) is 0 Å². The highest BCUT2D eigenvalue weighted by Crippen LogP contribution is 2.28. The first kappa shape index (κ1) is 13.8. The first-order valence-electron chi connectivity index (χ1n) is 6.22. The second-order valence-electron chi connectivity index (χ2n) is 4.79. The Morgan fingerprint density at radius 1 is 1.05 bits per heavy atom. The largest absolute Gasteiger partial charge is 0.488 e. The summed E-state index contributed by atoms with van der Waals surface area (Å²) < 4.78 is 5.93. The fourth-order valence-corrected chi connectivity index (χ4v) is 2.17. The van der Waals surface area contributed by atoms with Crippen molar-refractivity contribution < 1.29 is 4.74 Å². The highest BCUT2D eigenvalue weighted by molar-refractivity contribution is 6.31. The number of aryl methyl sites for hydroxylation is 2. The van der Waals surface area contributed by atoms with Crippen LogP contribution >= 0.6 is 11.6 Å². The molecule has 2 aromatic rings. The summed E-state index contributed by atoms with van der Waals surface area (Å²) in [5.41, 5.74) is 10.9. The number of benzene rings is 2. The molecule has 0 heterocycles. The fourth-order valence-electron chi connectivity index (χ4n) is 2.00. The van der Waals surface area contributed by atoms with Crippen LogP contribution in [0.25, 0.3) is 0 Å². The Hall–Kier alpha value is -1.67.